The third-order valence-electron chi connectivity index (χ3n) is 3.13. The molecule has 3 rings (SSSR count). The molecule has 1 aromatic heterocycles. The molecule has 1 unspecified atom stereocenters. The van der Waals surface area contributed by atoms with Crippen molar-refractivity contribution in [3.05, 3.63) is 17.6 Å². The van der Waals surface area contributed by atoms with E-state index in [0.717, 1.165) is 26.2 Å². The summed E-state index contributed by atoms with van der Waals surface area (Å²) in [5.41, 5.74) is 2.52. The van der Waals surface area contributed by atoms with Crippen LogP contribution in [-0.4, -0.2) is 27.7 Å². The zero-order chi connectivity index (χ0) is 10.3. The van der Waals surface area contributed by atoms with E-state index in [9.17, 15) is 0 Å². The Morgan fingerprint density at radius 2 is 1.93 bits per heavy atom. The van der Waals surface area contributed by atoms with Crippen molar-refractivity contribution in [2.24, 2.45) is 0 Å². The largest absolute Gasteiger partial charge is 0.356 e. The smallest absolute Gasteiger partial charge is 0.136 e. The molecule has 1 aromatic rings. The number of rotatable bonds is 1. The van der Waals surface area contributed by atoms with Crippen molar-refractivity contribution < 1.29 is 0 Å². The Kier molecular flexibility index (Phi) is 2.33. The van der Waals surface area contributed by atoms with Crippen LogP contribution in [0.15, 0.2) is 6.33 Å². The maximum atomic E-state index is 4.45. The Morgan fingerprint density at radius 3 is 2.73 bits per heavy atom. The van der Waals surface area contributed by atoms with Crippen LogP contribution in [0.4, 0.5) is 5.82 Å². The van der Waals surface area contributed by atoms with Gasteiger partial charge in [0.2, 0.25) is 0 Å². The summed E-state index contributed by atoms with van der Waals surface area (Å²) in [5.74, 6) is 1.17. The van der Waals surface area contributed by atoms with Crippen molar-refractivity contribution in [3.63, 3.8) is 0 Å². The van der Waals surface area contributed by atoms with Crippen LogP contribution in [0.1, 0.15) is 24.1 Å². The lowest BCUT2D eigenvalue weighted by Gasteiger charge is -2.18. The summed E-state index contributed by atoms with van der Waals surface area (Å²) < 4.78 is 2.21. The fourth-order valence-corrected chi connectivity index (χ4v) is 2.74. The summed E-state index contributed by atoms with van der Waals surface area (Å²) in [6.07, 6.45) is 4.29. The average molecular weight is 222 g/mol. The van der Waals surface area contributed by atoms with Gasteiger partial charge >= 0.3 is 0 Å². The average Bonchev–Trinajstić information content (AvgIpc) is 2.82. The Balaban J connectivity index is 1.98. The first-order chi connectivity index (χ1) is 7.34. The number of hydrogen-bond acceptors (Lipinski definition) is 4. The summed E-state index contributed by atoms with van der Waals surface area (Å²) in [6.45, 7) is 4.21. The summed E-state index contributed by atoms with van der Waals surface area (Å²) in [5, 5.41) is 0. The van der Waals surface area contributed by atoms with Gasteiger partial charge in [-0.25, -0.2) is 9.97 Å². The van der Waals surface area contributed by atoms with Crippen LogP contribution in [0, 0.1) is 0 Å². The molecule has 0 spiro atoms. The maximum absolute atomic E-state index is 4.45. The first-order valence-corrected chi connectivity index (χ1v) is 5.93. The van der Waals surface area contributed by atoms with Crippen LogP contribution in [0.2, 0.25) is 0 Å². The molecular formula is C10H15N4P. The van der Waals surface area contributed by atoms with E-state index in [1.165, 1.54) is 29.9 Å². The first kappa shape index (κ1) is 9.49. The van der Waals surface area contributed by atoms with Gasteiger partial charge in [0, 0.05) is 31.7 Å². The fourth-order valence-electron chi connectivity index (χ4n) is 2.39. The Labute approximate surface area is 92.0 Å². The molecule has 1 saturated heterocycles. The molecule has 2 aliphatic rings. The number of nitrogens with zero attached hydrogens (tertiary/aromatic N) is 4. The summed E-state index contributed by atoms with van der Waals surface area (Å²) >= 11 is 0. The standard InChI is InChI=1S/C10H15N4P/c15-14-5-8-9(6-14)11-7-12-10(8)13-3-1-2-4-13/h7H,1-6,15H2. The molecule has 0 radical (unpaired) electrons. The monoisotopic (exact) mass is 222 g/mol. The molecule has 1 fully saturated rings. The molecule has 0 aliphatic carbocycles. The van der Waals surface area contributed by atoms with Crippen molar-refractivity contribution in [2.45, 2.75) is 25.9 Å². The van der Waals surface area contributed by atoms with Gasteiger partial charge < -0.3 is 4.90 Å². The van der Waals surface area contributed by atoms with E-state index in [1.807, 2.05) is 0 Å². The van der Waals surface area contributed by atoms with Gasteiger partial charge in [-0.1, -0.05) is 9.39 Å². The van der Waals surface area contributed by atoms with Crippen LogP contribution >= 0.6 is 9.39 Å². The molecule has 0 aromatic carbocycles. The number of anilines is 1. The molecule has 15 heavy (non-hydrogen) atoms. The van der Waals surface area contributed by atoms with Crippen LogP contribution in [-0.2, 0) is 13.1 Å². The molecule has 4 nitrogen and oxygen atoms in total. The lowest BCUT2D eigenvalue weighted by Crippen LogP contribution is -2.21. The normalized spacial score (nSPS) is 21.0. The van der Waals surface area contributed by atoms with Gasteiger partial charge in [-0.05, 0) is 12.8 Å². The van der Waals surface area contributed by atoms with E-state index in [0.29, 0.717) is 0 Å². The quantitative estimate of drug-likeness (QED) is 0.668. The lowest BCUT2D eigenvalue weighted by molar-refractivity contribution is 0.504. The third-order valence-corrected chi connectivity index (χ3v) is 3.50. The van der Waals surface area contributed by atoms with E-state index in [-0.39, 0.29) is 0 Å². The number of fused-ring (bicyclic) bond motifs is 1. The van der Waals surface area contributed by atoms with E-state index >= 15 is 0 Å². The molecule has 80 valence electrons. The topological polar surface area (TPSA) is 32.3 Å². The number of aromatic nitrogens is 2. The Hall–Kier alpha value is -0.730. The van der Waals surface area contributed by atoms with Crippen molar-refractivity contribution in [1.82, 2.24) is 14.6 Å². The van der Waals surface area contributed by atoms with E-state index in [1.54, 1.807) is 6.33 Å². The minimum atomic E-state index is 0.934. The second-order valence-corrected chi connectivity index (χ2v) is 4.95. The SMILES string of the molecule is PN1Cc2ncnc(N3CCCC3)c2C1. The third kappa shape index (κ3) is 1.62. The zero-order valence-electron chi connectivity index (χ0n) is 8.69. The Bertz CT molecular complexity index is 376. The molecule has 0 saturated carbocycles. The van der Waals surface area contributed by atoms with Gasteiger partial charge in [0.1, 0.15) is 12.1 Å². The maximum Gasteiger partial charge on any atom is 0.136 e. The molecule has 0 N–H and O–H groups in total. The molecule has 3 heterocycles. The predicted octanol–water partition coefficient (Wildman–Crippen LogP) is 1.18. The molecule has 0 bridgehead atoms. The molecule has 0 amide bonds. The van der Waals surface area contributed by atoms with Crippen molar-refractivity contribution >= 4 is 15.2 Å². The fraction of sp³-hybridized carbons (Fsp3) is 0.600. The minimum absolute atomic E-state index is 0.934. The van der Waals surface area contributed by atoms with Crippen molar-refractivity contribution in [1.29, 1.82) is 0 Å². The van der Waals surface area contributed by atoms with Gasteiger partial charge in [0.25, 0.3) is 0 Å². The first-order valence-electron chi connectivity index (χ1n) is 5.42. The van der Waals surface area contributed by atoms with Gasteiger partial charge in [-0.2, -0.15) is 0 Å². The van der Waals surface area contributed by atoms with Gasteiger partial charge in [0.05, 0.1) is 5.69 Å². The van der Waals surface area contributed by atoms with E-state index < -0.39 is 0 Å². The van der Waals surface area contributed by atoms with Crippen LogP contribution in [0.5, 0.6) is 0 Å². The highest BCUT2D eigenvalue weighted by Gasteiger charge is 2.25. The number of hydrogen-bond donors (Lipinski definition) is 0. The van der Waals surface area contributed by atoms with Crippen molar-refractivity contribution in [2.75, 3.05) is 18.0 Å². The Morgan fingerprint density at radius 1 is 1.13 bits per heavy atom. The zero-order valence-corrected chi connectivity index (χ0v) is 9.84. The lowest BCUT2D eigenvalue weighted by atomic mass is 10.2. The molecule has 2 aliphatic heterocycles. The van der Waals surface area contributed by atoms with Gasteiger partial charge in [0.15, 0.2) is 0 Å². The highest BCUT2D eigenvalue weighted by Crippen LogP contribution is 2.31. The second kappa shape index (κ2) is 3.69. The minimum Gasteiger partial charge on any atom is -0.356 e. The van der Waals surface area contributed by atoms with Crippen LogP contribution in [0.25, 0.3) is 0 Å². The molecule has 5 heteroatoms. The van der Waals surface area contributed by atoms with Gasteiger partial charge in [-0.15, -0.1) is 0 Å². The summed E-state index contributed by atoms with van der Waals surface area (Å²) in [4.78, 5) is 11.2. The second-order valence-electron chi connectivity index (χ2n) is 4.22. The van der Waals surface area contributed by atoms with E-state index in [2.05, 4.69) is 28.9 Å². The van der Waals surface area contributed by atoms with Gasteiger partial charge in [-0.3, -0.25) is 4.67 Å². The molecule has 1 atom stereocenters. The summed E-state index contributed by atoms with van der Waals surface area (Å²) in [7, 11) is 2.75. The van der Waals surface area contributed by atoms with Crippen LogP contribution in [0.3, 0.4) is 0 Å². The highest BCUT2D eigenvalue weighted by atomic mass is 31.0. The predicted molar refractivity (Wildman–Crippen MR) is 62.4 cm³/mol. The summed E-state index contributed by atoms with van der Waals surface area (Å²) in [6, 6.07) is 0. The van der Waals surface area contributed by atoms with Crippen LogP contribution < -0.4 is 4.90 Å². The molecular weight excluding hydrogens is 207 g/mol. The van der Waals surface area contributed by atoms with E-state index in [4.69, 9.17) is 0 Å². The van der Waals surface area contributed by atoms with Crippen molar-refractivity contribution in [3.8, 4) is 0 Å². The highest BCUT2D eigenvalue weighted by molar-refractivity contribution is 7.13.